The van der Waals surface area contributed by atoms with Crippen molar-refractivity contribution >= 4 is 23.8 Å². The Hall–Kier alpha value is -2.16. The molecular formula is C11H16N2O7. The Morgan fingerprint density at radius 3 is 1.75 bits per heavy atom. The number of rotatable bonds is 5. The number of nitrogens with two attached hydrogens (primary N) is 1. The summed E-state index contributed by atoms with van der Waals surface area (Å²) in [6.07, 6.45) is -0.986. The van der Waals surface area contributed by atoms with Crippen LogP contribution in [0.2, 0.25) is 0 Å². The molecule has 0 heterocycles. The van der Waals surface area contributed by atoms with E-state index in [0.29, 0.717) is 0 Å². The van der Waals surface area contributed by atoms with Gasteiger partial charge in [-0.1, -0.05) is 0 Å². The Morgan fingerprint density at radius 2 is 1.50 bits per heavy atom. The summed E-state index contributed by atoms with van der Waals surface area (Å²) in [5.74, 6) is -7.82. The summed E-state index contributed by atoms with van der Waals surface area (Å²) in [7, 11) is 0. The van der Waals surface area contributed by atoms with E-state index in [4.69, 9.17) is 15.9 Å². The summed E-state index contributed by atoms with van der Waals surface area (Å²) in [5.41, 5.74) is 3.40. The molecule has 112 valence electrons. The van der Waals surface area contributed by atoms with Crippen LogP contribution in [0.3, 0.4) is 0 Å². The third-order valence-electron chi connectivity index (χ3n) is 3.44. The molecule has 1 saturated carbocycles. The van der Waals surface area contributed by atoms with Crippen molar-refractivity contribution in [2.45, 2.75) is 31.3 Å². The Morgan fingerprint density at radius 1 is 1.10 bits per heavy atom. The van der Waals surface area contributed by atoms with Gasteiger partial charge in [0.1, 0.15) is 5.54 Å². The van der Waals surface area contributed by atoms with Gasteiger partial charge in [0.2, 0.25) is 5.91 Å². The van der Waals surface area contributed by atoms with E-state index in [9.17, 15) is 24.3 Å². The fourth-order valence-electron chi connectivity index (χ4n) is 2.32. The van der Waals surface area contributed by atoms with Gasteiger partial charge in [0, 0.05) is 0 Å². The first-order valence-corrected chi connectivity index (χ1v) is 5.87. The number of carbonyl (C=O) groups excluding carboxylic acids is 1. The normalized spacial score (nSPS) is 30.5. The molecule has 9 heteroatoms. The molecule has 0 spiro atoms. The van der Waals surface area contributed by atoms with Crippen LogP contribution in [0.15, 0.2) is 0 Å². The fourth-order valence-corrected chi connectivity index (χ4v) is 2.32. The minimum atomic E-state index is -1.92. The zero-order valence-corrected chi connectivity index (χ0v) is 10.7. The molecule has 4 atom stereocenters. The van der Waals surface area contributed by atoms with Crippen LogP contribution in [-0.2, 0) is 19.2 Å². The zero-order valence-electron chi connectivity index (χ0n) is 10.7. The van der Waals surface area contributed by atoms with Crippen molar-refractivity contribution in [1.29, 1.82) is 0 Å². The van der Waals surface area contributed by atoms with Crippen molar-refractivity contribution in [3.8, 4) is 0 Å². The van der Waals surface area contributed by atoms with E-state index in [1.165, 1.54) is 6.92 Å². The molecule has 0 aromatic carbocycles. The van der Waals surface area contributed by atoms with Crippen LogP contribution in [-0.4, -0.2) is 50.7 Å². The highest BCUT2D eigenvalue weighted by molar-refractivity contribution is 5.92. The second kappa shape index (κ2) is 5.45. The van der Waals surface area contributed by atoms with Gasteiger partial charge in [0.15, 0.2) is 0 Å². The molecule has 0 radical (unpaired) electrons. The number of carbonyl (C=O) groups is 4. The van der Waals surface area contributed by atoms with Crippen LogP contribution >= 0.6 is 0 Å². The van der Waals surface area contributed by atoms with Gasteiger partial charge in [0.25, 0.3) is 0 Å². The lowest BCUT2D eigenvalue weighted by Gasteiger charge is -2.26. The molecule has 0 aromatic rings. The molecule has 6 N–H and O–H groups in total. The van der Waals surface area contributed by atoms with E-state index in [-0.39, 0.29) is 0 Å². The molecular weight excluding hydrogens is 272 g/mol. The van der Waals surface area contributed by atoms with Gasteiger partial charge in [-0.2, -0.15) is 0 Å². The van der Waals surface area contributed by atoms with Crippen LogP contribution in [0.1, 0.15) is 19.8 Å². The fraction of sp³-hybridized carbons (Fsp3) is 0.636. The summed E-state index contributed by atoms with van der Waals surface area (Å²) < 4.78 is 0. The number of hydrogen-bond acceptors (Lipinski definition) is 5. The predicted octanol–water partition coefficient (Wildman–Crippen LogP) is -1.53. The molecule has 20 heavy (non-hydrogen) atoms. The topological polar surface area (TPSA) is 167 Å². The van der Waals surface area contributed by atoms with Crippen molar-refractivity contribution in [3.63, 3.8) is 0 Å². The van der Waals surface area contributed by atoms with Gasteiger partial charge < -0.3 is 26.4 Å². The predicted molar refractivity (Wildman–Crippen MR) is 63.6 cm³/mol. The Labute approximate surface area is 113 Å². The molecule has 2 unspecified atom stereocenters. The number of aliphatic carboxylic acids is 3. The first-order valence-electron chi connectivity index (χ1n) is 5.87. The molecule has 0 bridgehead atoms. The van der Waals surface area contributed by atoms with Crippen molar-refractivity contribution in [2.75, 3.05) is 0 Å². The number of carboxylic acid groups (broad SMARTS) is 3. The molecule has 1 fully saturated rings. The molecule has 0 aliphatic heterocycles. The minimum absolute atomic E-state index is 0.493. The maximum atomic E-state index is 11.6. The Balaban J connectivity index is 3.10. The van der Waals surface area contributed by atoms with Crippen LogP contribution in [0.25, 0.3) is 0 Å². The van der Waals surface area contributed by atoms with E-state index in [0.717, 1.165) is 0 Å². The minimum Gasteiger partial charge on any atom is -0.481 e. The summed E-state index contributed by atoms with van der Waals surface area (Å²) >= 11 is 0. The maximum Gasteiger partial charge on any atom is 0.329 e. The van der Waals surface area contributed by atoms with Crippen LogP contribution < -0.4 is 11.1 Å². The largest absolute Gasteiger partial charge is 0.481 e. The molecule has 0 aromatic heterocycles. The second-order valence-electron chi connectivity index (χ2n) is 4.96. The van der Waals surface area contributed by atoms with E-state index >= 15 is 0 Å². The highest BCUT2D eigenvalue weighted by Gasteiger charge is 2.56. The number of nitrogens with one attached hydrogen (secondary N) is 1. The molecule has 0 saturated heterocycles. The van der Waals surface area contributed by atoms with Crippen molar-refractivity contribution < 1.29 is 34.5 Å². The van der Waals surface area contributed by atoms with E-state index < -0.39 is 60.1 Å². The Bertz CT molecular complexity index is 438. The quantitative estimate of drug-likeness (QED) is 0.406. The van der Waals surface area contributed by atoms with Crippen LogP contribution in [0.5, 0.6) is 0 Å². The van der Waals surface area contributed by atoms with Gasteiger partial charge in [-0.15, -0.1) is 0 Å². The second-order valence-corrected chi connectivity index (χ2v) is 4.96. The third kappa shape index (κ3) is 2.87. The smallest absolute Gasteiger partial charge is 0.329 e. The summed E-state index contributed by atoms with van der Waals surface area (Å²) in [6, 6.07) is -0.988. The highest BCUT2D eigenvalue weighted by atomic mass is 16.4. The Kier molecular flexibility index (Phi) is 4.33. The molecule has 1 aliphatic carbocycles. The lowest BCUT2D eigenvalue weighted by atomic mass is 9.95. The number of carboxylic acids is 3. The maximum absolute atomic E-state index is 11.6. The zero-order chi connectivity index (χ0) is 15.7. The van der Waals surface area contributed by atoms with Crippen molar-refractivity contribution in [3.05, 3.63) is 0 Å². The molecule has 9 nitrogen and oxygen atoms in total. The van der Waals surface area contributed by atoms with Crippen LogP contribution in [0.4, 0.5) is 0 Å². The summed E-state index contributed by atoms with van der Waals surface area (Å²) in [4.78, 5) is 45.0. The average Bonchev–Trinajstić information content (AvgIpc) is 2.70. The van der Waals surface area contributed by atoms with Gasteiger partial charge in [0.05, 0.1) is 17.9 Å². The standard InChI is InChI=1S/C11H16N2O7/c1-4(12)7(14)13-11(10(19)20)2-5(8(15)16)6(3-11)9(17)18/h4-6H,2-3,12H2,1H3,(H,13,14)(H,15,16)(H,17,18)(H,19,20)/t4?,5-,6+,11?. The average molecular weight is 288 g/mol. The van der Waals surface area contributed by atoms with E-state index in [2.05, 4.69) is 5.32 Å². The molecule has 1 amide bonds. The van der Waals surface area contributed by atoms with Crippen LogP contribution in [0, 0.1) is 11.8 Å². The molecule has 1 rings (SSSR count). The molecule has 1 aliphatic rings. The lowest BCUT2D eigenvalue weighted by Crippen LogP contribution is -2.56. The summed E-state index contributed by atoms with van der Waals surface area (Å²) in [5, 5.41) is 29.4. The number of hydrogen-bond donors (Lipinski definition) is 5. The van der Waals surface area contributed by atoms with Crippen molar-refractivity contribution in [2.24, 2.45) is 17.6 Å². The van der Waals surface area contributed by atoms with Gasteiger partial charge in [-0.25, -0.2) is 4.79 Å². The SMILES string of the molecule is CC(N)C(=O)NC1(C(=O)O)C[C@H](C(=O)O)[C@H](C(=O)O)C1. The summed E-state index contributed by atoms with van der Waals surface area (Å²) in [6.45, 7) is 1.34. The van der Waals surface area contributed by atoms with Gasteiger partial charge in [-0.3, -0.25) is 14.4 Å². The van der Waals surface area contributed by atoms with Gasteiger partial charge >= 0.3 is 17.9 Å². The lowest BCUT2D eigenvalue weighted by molar-refractivity contribution is -0.152. The first kappa shape index (κ1) is 15.9. The van der Waals surface area contributed by atoms with E-state index in [1.807, 2.05) is 0 Å². The monoisotopic (exact) mass is 288 g/mol. The highest BCUT2D eigenvalue weighted by Crippen LogP contribution is 2.40. The third-order valence-corrected chi connectivity index (χ3v) is 3.44. The van der Waals surface area contributed by atoms with Crippen molar-refractivity contribution in [1.82, 2.24) is 5.32 Å². The van der Waals surface area contributed by atoms with Gasteiger partial charge in [-0.05, 0) is 19.8 Å². The first-order chi connectivity index (χ1) is 9.10. The number of amides is 1. The van der Waals surface area contributed by atoms with E-state index in [1.54, 1.807) is 0 Å².